The number of hydrogen-bond acceptors (Lipinski definition) is 3. The van der Waals surface area contributed by atoms with Crippen molar-refractivity contribution < 1.29 is 9.53 Å². The first-order chi connectivity index (χ1) is 7.25. The van der Waals surface area contributed by atoms with Crippen LogP contribution in [0, 0.1) is 5.92 Å². The zero-order chi connectivity index (χ0) is 10.7. The number of rotatable bonds is 2. The van der Waals surface area contributed by atoms with Crippen LogP contribution in [0.2, 0.25) is 0 Å². The molecule has 0 radical (unpaired) electrons. The van der Waals surface area contributed by atoms with Crippen LogP contribution in [0.15, 0.2) is 11.6 Å². The maximum Gasteiger partial charge on any atom is 0.138 e. The first-order valence-electron chi connectivity index (χ1n) is 5.76. The third-order valence-corrected chi connectivity index (χ3v) is 3.24. The van der Waals surface area contributed by atoms with Crippen LogP contribution in [-0.4, -0.2) is 43.5 Å². The monoisotopic (exact) mass is 209 g/mol. The van der Waals surface area contributed by atoms with Gasteiger partial charge in [-0.25, -0.2) is 0 Å². The van der Waals surface area contributed by atoms with E-state index in [9.17, 15) is 4.79 Å². The van der Waals surface area contributed by atoms with Gasteiger partial charge >= 0.3 is 0 Å². The van der Waals surface area contributed by atoms with Crippen molar-refractivity contribution in [1.82, 2.24) is 4.90 Å². The van der Waals surface area contributed by atoms with Crippen molar-refractivity contribution in [2.45, 2.75) is 19.8 Å². The second kappa shape index (κ2) is 4.90. The molecule has 1 fully saturated rings. The normalized spacial score (nSPS) is 29.0. The molecule has 2 aliphatic heterocycles. The highest BCUT2D eigenvalue weighted by atomic mass is 16.5. The number of Topliss-reactive ketones (excluding diaryl/α,β-unsaturated/α-hetero) is 1. The molecule has 0 amide bonds. The van der Waals surface area contributed by atoms with E-state index in [1.54, 1.807) is 0 Å². The van der Waals surface area contributed by atoms with Crippen molar-refractivity contribution in [3.63, 3.8) is 0 Å². The first-order valence-corrected chi connectivity index (χ1v) is 5.76. The van der Waals surface area contributed by atoms with Gasteiger partial charge in [-0.2, -0.15) is 0 Å². The maximum absolute atomic E-state index is 11.4. The first kappa shape index (κ1) is 10.8. The Kier molecular flexibility index (Phi) is 3.54. The van der Waals surface area contributed by atoms with Crippen molar-refractivity contribution in [3.8, 4) is 0 Å². The van der Waals surface area contributed by atoms with Crippen molar-refractivity contribution in [2.75, 3.05) is 32.8 Å². The van der Waals surface area contributed by atoms with E-state index in [-0.39, 0.29) is 5.92 Å². The Labute approximate surface area is 91.1 Å². The molecule has 84 valence electrons. The zero-order valence-corrected chi connectivity index (χ0v) is 9.37. The molecule has 1 saturated heterocycles. The molecule has 0 bridgehead atoms. The highest BCUT2D eigenvalue weighted by Gasteiger charge is 2.23. The summed E-state index contributed by atoms with van der Waals surface area (Å²) >= 11 is 0. The molecule has 0 aliphatic carbocycles. The largest absolute Gasteiger partial charge is 0.377 e. The number of nitrogens with zero attached hydrogens (tertiary/aromatic N) is 1. The van der Waals surface area contributed by atoms with E-state index < -0.39 is 0 Å². The Balaban J connectivity index is 1.84. The molecule has 1 atom stereocenters. The topological polar surface area (TPSA) is 29.5 Å². The number of carbonyl (C=O) groups excluding carboxylic acids is 1. The van der Waals surface area contributed by atoms with Gasteiger partial charge in [0.1, 0.15) is 5.78 Å². The predicted octanol–water partition coefficient (Wildman–Crippen LogP) is 1.24. The van der Waals surface area contributed by atoms with Crippen LogP contribution in [0.3, 0.4) is 0 Å². The molecule has 0 aromatic carbocycles. The smallest absolute Gasteiger partial charge is 0.138 e. The molecule has 2 rings (SSSR count). The number of ketones is 1. The summed E-state index contributed by atoms with van der Waals surface area (Å²) in [4.78, 5) is 13.8. The van der Waals surface area contributed by atoms with E-state index in [1.165, 1.54) is 5.57 Å². The quantitative estimate of drug-likeness (QED) is 0.641. The average molecular weight is 209 g/mol. The third kappa shape index (κ3) is 2.89. The van der Waals surface area contributed by atoms with Crippen LogP contribution in [0.5, 0.6) is 0 Å². The predicted molar refractivity (Wildman–Crippen MR) is 58.7 cm³/mol. The van der Waals surface area contributed by atoms with Gasteiger partial charge in [-0.05, 0) is 6.42 Å². The summed E-state index contributed by atoms with van der Waals surface area (Å²) in [7, 11) is 0. The number of ether oxygens (including phenoxy) is 1. The number of likely N-dealkylation sites (tertiary alicyclic amines) is 1. The molecular weight excluding hydrogens is 190 g/mol. The number of piperidine rings is 1. The molecule has 0 saturated carbocycles. The molecule has 2 heterocycles. The number of carbonyl (C=O) groups is 1. The van der Waals surface area contributed by atoms with Gasteiger partial charge in [-0.15, -0.1) is 0 Å². The van der Waals surface area contributed by atoms with Crippen LogP contribution in [0.1, 0.15) is 19.8 Å². The minimum absolute atomic E-state index is 0.221. The fraction of sp³-hybridized carbons (Fsp3) is 0.750. The molecule has 15 heavy (non-hydrogen) atoms. The van der Waals surface area contributed by atoms with Crippen molar-refractivity contribution in [3.05, 3.63) is 11.6 Å². The van der Waals surface area contributed by atoms with Gasteiger partial charge in [0.15, 0.2) is 0 Å². The Morgan fingerprint density at radius 2 is 2.40 bits per heavy atom. The molecule has 2 aliphatic rings. The summed E-state index contributed by atoms with van der Waals surface area (Å²) in [6, 6.07) is 0. The minimum atomic E-state index is 0.221. The Morgan fingerprint density at radius 3 is 3.07 bits per heavy atom. The van der Waals surface area contributed by atoms with E-state index in [2.05, 4.69) is 11.0 Å². The highest BCUT2D eigenvalue weighted by Crippen LogP contribution is 2.16. The van der Waals surface area contributed by atoms with Crippen LogP contribution >= 0.6 is 0 Å². The fourth-order valence-corrected chi connectivity index (χ4v) is 2.23. The van der Waals surface area contributed by atoms with Gasteiger partial charge < -0.3 is 4.74 Å². The maximum atomic E-state index is 11.4. The average Bonchev–Trinajstić information content (AvgIpc) is 2.25. The molecule has 0 N–H and O–H groups in total. The molecule has 1 unspecified atom stereocenters. The van der Waals surface area contributed by atoms with Gasteiger partial charge in [-0.3, -0.25) is 9.69 Å². The van der Waals surface area contributed by atoms with Crippen molar-refractivity contribution >= 4 is 5.78 Å². The van der Waals surface area contributed by atoms with Crippen LogP contribution in [0.4, 0.5) is 0 Å². The molecule has 0 aromatic heterocycles. The van der Waals surface area contributed by atoms with E-state index in [1.807, 2.05) is 6.92 Å². The SMILES string of the molecule is CC1CN(CC2=CCOCC2)CCC1=O. The van der Waals surface area contributed by atoms with Crippen molar-refractivity contribution in [1.29, 1.82) is 0 Å². The summed E-state index contributed by atoms with van der Waals surface area (Å²) in [6.07, 6.45) is 3.97. The fourth-order valence-electron chi connectivity index (χ4n) is 2.23. The Bertz CT molecular complexity index is 273. The van der Waals surface area contributed by atoms with Crippen LogP contribution < -0.4 is 0 Å². The standard InChI is InChI=1S/C12H19NO2/c1-10-8-13(5-2-12(10)14)9-11-3-6-15-7-4-11/h3,10H,2,4-9H2,1H3. The van der Waals surface area contributed by atoms with Gasteiger partial charge in [0.2, 0.25) is 0 Å². The van der Waals surface area contributed by atoms with E-state index in [0.29, 0.717) is 5.78 Å². The molecular formula is C12H19NO2. The van der Waals surface area contributed by atoms with Gasteiger partial charge in [0, 0.05) is 32.0 Å². The summed E-state index contributed by atoms with van der Waals surface area (Å²) in [5.74, 6) is 0.645. The molecule has 0 spiro atoms. The lowest BCUT2D eigenvalue weighted by Crippen LogP contribution is -2.40. The molecule has 3 heteroatoms. The van der Waals surface area contributed by atoms with E-state index in [4.69, 9.17) is 4.74 Å². The van der Waals surface area contributed by atoms with E-state index >= 15 is 0 Å². The summed E-state index contributed by atoms with van der Waals surface area (Å²) in [5, 5.41) is 0. The second-order valence-corrected chi connectivity index (χ2v) is 4.54. The van der Waals surface area contributed by atoms with Gasteiger partial charge in [0.25, 0.3) is 0 Å². The summed E-state index contributed by atoms with van der Waals surface area (Å²) in [6.45, 7) is 6.54. The van der Waals surface area contributed by atoms with Gasteiger partial charge in [-0.1, -0.05) is 18.6 Å². The lowest BCUT2D eigenvalue weighted by atomic mass is 9.98. The summed E-state index contributed by atoms with van der Waals surface area (Å²) < 4.78 is 5.28. The third-order valence-electron chi connectivity index (χ3n) is 3.24. The molecule has 0 aromatic rings. The lowest BCUT2D eigenvalue weighted by molar-refractivity contribution is -0.125. The van der Waals surface area contributed by atoms with Crippen molar-refractivity contribution in [2.24, 2.45) is 5.92 Å². The van der Waals surface area contributed by atoms with Crippen LogP contribution in [-0.2, 0) is 9.53 Å². The highest BCUT2D eigenvalue weighted by molar-refractivity contribution is 5.81. The number of hydrogen-bond donors (Lipinski definition) is 0. The van der Waals surface area contributed by atoms with Gasteiger partial charge in [0.05, 0.1) is 13.2 Å². The zero-order valence-electron chi connectivity index (χ0n) is 9.37. The summed E-state index contributed by atoms with van der Waals surface area (Å²) in [5.41, 5.74) is 1.47. The van der Waals surface area contributed by atoms with E-state index in [0.717, 1.165) is 45.7 Å². The Hall–Kier alpha value is -0.670. The molecule has 3 nitrogen and oxygen atoms in total. The Morgan fingerprint density at radius 1 is 1.53 bits per heavy atom. The second-order valence-electron chi connectivity index (χ2n) is 4.54. The minimum Gasteiger partial charge on any atom is -0.377 e. The van der Waals surface area contributed by atoms with Crippen LogP contribution in [0.25, 0.3) is 0 Å². The lowest BCUT2D eigenvalue weighted by Gasteiger charge is -2.31.